The lowest BCUT2D eigenvalue weighted by atomic mass is 9.96. The molecular formula is C13H15NO. The maximum atomic E-state index is 5.79. The molecule has 1 aliphatic carbocycles. The van der Waals surface area contributed by atoms with E-state index < -0.39 is 0 Å². The number of hydrogen-bond acceptors (Lipinski definition) is 2. The third kappa shape index (κ3) is 1.55. The first kappa shape index (κ1) is 8.98. The average Bonchev–Trinajstić information content (AvgIpc) is 2.88. The van der Waals surface area contributed by atoms with Gasteiger partial charge in [-0.3, -0.25) is 0 Å². The van der Waals surface area contributed by atoms with Gasteiger partial charge in [0.15, 0.2) is 0 Å². The summed E-state index contributed by atoms with van der Waals surface area (Å²) in [4.78, 5) is 0. The zero-order valence-corrected chi connectivity index (χ0v) is 8.70. The zero-order chi connectivity index (χ0) is 10.3. The van der Waals surface area contributed by atoms with E-state index in [1.54, 1.807) is 6.26 Å². The molecule has 0 radical (unpaired) electrons. The molecule has 1 fully saturated rings. The van der Waals surface area contributed by atoms with E-state index in [1.807, 2.05) is 6.07 Å². The molecule has 0 atom stereocenters. The third-order valence-electron chi connectivity index (χ3n) is 3.49. The van der Waals surface area contributed by atoms with Gasteiger partial charge in [0.05, 0.1) is 6.26 Å². The van der Waals surface area contributed by atoms with Crippen molar-refractivity contribution in [2.75, 3.05) is 6.54 Å². The molecular weight excluding hydrogens is 186 g/mol. The Hall–Kier alpha value is -1.28. The van der Waals surface area contributed by atoms with Crippen molar-refractivity contribution >= 4 is 11.0 Å². The van der Waals surface area contributed by atoms with Crippen molar-refractivity contribution in [2.45, 2.75) is 19.3 Å². The number of nitrogens with two attached hydrogens (primary N) is 1. The van der Waals surface area contributed by atoms with Crippen LogP contribution in [0.1, 0.15) is 18.4 Å². The molecule has 2 heteroatoms. The highest BCUT2D eigenvalue weighted by Gasteiger charge is 2.40. The normalized spacial score (nSPS) is 18.2. The molecule has 3 rings (SSSR count). The Morgan fingerprint density at radius 2 is 2.13 bits per heavy atom. The summed E-state index contributed by atoms with van der Waals surface area (Å²) in [6.45, 7) is 0.816. The van der Waals surface area contributed by atoms with E-state index in [1.165, 1.54) is 23.8 Å². The number of benzene rings is 1. The second kappa shape index (κ2) is 3.11. The van der Waals surface area contributed by atoms with Gasteiger partial charge in [0.1, 0.15) is 5.58 Å². The summed E-state index contributed by atoms with van der Waals surface area (Å²) in [6.07, 6.45) is 5.43. The van der Waals surface area contributed by atoms with Gasteiger partial charge < -0.3 is 10.2 Å². The first-order valence-electron chi connectivity index (χ1n) is 5.48. The summed E-state index contributed by atoms with van der Waals surface area (Å²) in [5, 5.41) is 1.19. The van der Waals surface area contributed by atoms with E-state index in [4.69, 9.17) is 10.2 Å². The van der Waals surface area contributed by atoms with Crippen LogP contribution < -0.4 is 5.73 Å². The van der Waals surface area contributed by atoms with Crippen LogP contribution >= 0.6 is 0 Å². The van der Waals surface area contributed by atoms with E-state index >= 15 is 0 Å². The molecule has 15 heavy (non-hydrogen) atoms. The Balaban J connectivity index is 1.91. The average molecular weight is 201 g/mol. The lowest BCUT2D eigenvalue weighted by Crippen LogP contribution is -2.17. The van der Waals surface area contributed by atoms with Gasteiger partial charge in [-0.15, -0.1) is 0 Å². The van der Waals surface area contributed by atoms with Gasteiger partial charge in [0.25, 0.3) is 0 Å². The summed E-state index contributed by atoms with van der Waals surface area (Å²) >= 11 is 0. The molecule has 1 aliphatic rings. The van der Waals surface area contributed by atoms with Crippen molar-refractivity contribution in [3.05, 3.63) is 36.1 Å². The monoisotopic (exact) mass is 201 g/mol. The second-order valence-electron chi connectivity index (χ2n) is 4.67. The van der Waals surface area contributed by atoms with Crippen LogP contribution in [0.5, 0.6) is 0 Å². The molecule has 1 heterocycles. The van der Waals surface area contributed by atoms with Crippen LogP contribution in [0.25, 0.3) is 11.0 Å². The second-order valence-corrected chi connectivity index (χ2v) is 4.67. The fourth-order valence-electron chi connectivity index (χ4n) is 2.19. The van der Waals surface area contributed by atoms with Crippen LogP contribution in [0.15, 0.2) is 34.9 Å². The molecule has 0 unspecified atom stereocenters. The minimum atomic E-state index is 0.414. The van der Waals surface area contributed by atoms with Crippen molar-refractivity contribution in [1.82, 2.24) is 0 Å². The molecule has 0 saturated heterocycles. The van der Waals surface area contributed by atoms with Crippen LogP contribution in [0.2, 0.25) is 0 Å². The quantitative estimate of drug-likeness (QED) is 0.829. The molecule has 0 bridgehead atoms. The minimum Gasteiger partial charge on any atom is -0.464 e. The highest BCUT2D eigenvalue weighted by Crippen LogP contribution is 2.47. The maximum Gasteiger partial charge on any atom is 0.133 e. The Bertz CT molecular complexity index is 482. The predicted molar refractivity (Wildman–Crippen MR) is 60.6 cm³/mol. The highest BCUT2D eigenvalue weighted by molar-refractivity contribution is 5.77. The number of rotatable bonds is 3. The van der Waals surface area contributed by atoms with Crippen LogP contribution in [0.3, 0.4) is 0 Å². The van der Waals surface area contributed by atoms with Crippen LogP contribution in [-0.2, 0) is 6.42 Å². The Kier molecular flexibility index (Phi) is 1.86. The lowest BCUT2D eigenvalue weighted by Gasteiger charge is -2.11. The summed E-state index contributed by atoms with van der Waals surface area (Å²) in [5.41, 5.74) is 8.56. The maximum absolute atomic E-state index is 5.79. The first-order chi connectivity index (χ1) is 7.31. The molecule has 0 spiro atoms. The lowest BCUT2D eigenvalue weighted by molar-refractivity contribution is 0.521. The predicted octanol–water partition coefficient (Wildman–Crippen LogP) is 2.71. The zero-order valence-electron chi connectivity index (χ0n) is 8.70. The van der Waals surface area contributed by atoms with Gasteiger partial charge in [0.2, 0.25) is 0 Å². The number of furan rings is 1. The van der Waals surface area contributed by atoms with Crippen LogP contribution in [0, 0.1) is 5.41 Å². The Morgan fingerprint density at radius 3 is 2.87 bits per heavy atom. The van der Waals surface area contributed by atoms with Crippen molar-refractivity contribution < 1.29 is 4.42 Å². The summed E-state index contributed by atoms with van der Waals surface area (Å²) in [7, 11) is 0. The molecule has 2 aromatic rings. The molecule has 1 aromatic heterocycles. The summed E-state index contributed by atoms with van der Waals surface area (Å²) in [5.74, 6) is 0. The van der Waals surface area contributed by atoms with E-state index in [0.29, 0.717) is 5.41 Å². The molecule has 0 aliphatic heterocycles. The molecule has 1 saturated carbocycles. The molecule has 2 N–H and O–H groups in total. The Labute approximate surface area is 89.1 Å². The van der Waals surface area contributed by atoms with Gasteiger partial charge in [-0.05, 0) is 55.0 Å². The van der Waals surface area contributed by atoms with E-state index in [0.717, 1.165) is 18.5 Å². The molecule has 1 aromatic carbocycles. The Morgan fingerprint density at radius 1 is 1.27 bits per heavy atom. The van der Waals surface area contributed by atoms with Crippen molar-refractivity contribution in [1.29, 1.82) is 0 Å². The van der Waals surface area contributed by atoms with E-state index in [9.17, 15) is 0 Å². The highest BCUT2D eigenvalue weighted by atomic mass is 16.3. The molecule has 78 valence electrons. The fraction of sp³-hybridized carbons (Fsp3) is 0.385. The number of hydrogen-bond donors (Lipinski definition) is 1. The van der Waals surface area contributed by atoms with Gasteiger partial charge in [-0.2, -0.15) is 0 Å². The largest absolute Gasteiger partial charge is 0.464 e. The van der Waals surface area contributed by atoms with Gasteiger partial charge in [-0.25, -0.2) is 0 Å². The van der Waals surface area contributed by atoms with Gasteiger partial charge >= 0.3 is 0 Å². The summed E-state index contributed by atoms with van der Waals surface area (Å²) < 4.78 is 5.32. The molecule has 2 nitrogen and oxygen atoms in total. The van der Waals surface area contributed by atoms with Crippen LogP contribution in [-0.4, -0.2) is 6.54 Å². The van der Waals surface area contributed by atoms with Crippen molar-refractivity contribution in [3.8, 4) is 0 Å². The first-order valence-corrected chi connectivity index (χ1v) is 5.48. The van der Waals surface area contributed by atoms with Gasteiger partial charge in [-0.1, -0.05) is 6.07 Å². The number of fused-ring (bicyclic) bond motifs is 1. The smallest absolute Gasteiger partial charge is 0.133 e. The minimum absolute atomic E-state index is 0.414. The van der Waals surface area contributed by atoms with E-state index in [-0.39, 0.29) is 0 Å². The third-order valence-corrected chi connectivity index (χ3v) is 3.49. The fourth-order valence-corrected chi connectivity index (χ4v) is 2.19. The standard InChI is InChI=1S/C13H15NO/c14-9-13(4-5-13)8-10-1-2-12-11(7-10)3-6-15-12/h1-3,6-7H,4-5,8-9,14H2. The van der Waals surface area contributed by atoms with E-state index in [2.05, 4.69) is 18.2 Å². The van der Waals surface area contributed by atoms with Gasteiger partial charge in [0, 0.05) is 5.39 Å². The summed E-state index contributed by atoms with van der Waals surface area (Å²) in [6, 6.07) is 8.44. The topological polar surface area (TPSA) is 39.2 Å². The van der Waals surface area contributed by atoms with Crippen molar-refractivity contribution in [3.63, 3.8) is 0 Å². The van der Waals surface area contributed by atoms with Crippen molar-refractivity contribution in [2.24, 2.45) is 11.1 Å². The molecule has 0 amide bonds. The SMILES string of the molecule is NCC1(Cc2ccc3occc3c2)CC1. The van der Waals surface area contributed by atoms with Crippen LogP contribution in [0.4, 0.5) is 0 Å².